The lowest BCUT2D eigenvalue weighted by molar-refractivity contribution is -0.139. The monoisotopic (exact) mass is 296 g/mol. The summed E-state index contributed by atoms with van der Waals surface area (Å²) in [6.45, 7) is 0. The molecule has 5 nitrogen and oxygen atoms in total. The molecule has 1 rings (SSSR count). The lowest BCUT2D eigenvalue weighted by Crippen LogP contribution is -2.41. The minimum absolute atomic E-state index is 0.131. The quantitative estimate of drug-likeness (QED) is 0.755. The van der Waals surface area contributed by atoms with E-state index in [9.17, 15) is 18.4 Å². The molecule has 0 saturated carbocycles. The van der Waals surface area contributed by atoms with Crippen LogP contribution in [-0.2, 0) is 4.79 Å². The van der Waals surface area contributed by atoms with Crippen molar-refractivity contribution < 1.29 is 23.5 Å². The van der Waals surface area contributed by atoms with E-state index in [0.29, 0.717) is 25.3 Å². The number of benzene rings is 1. The summed E-state index contributed by atoms with van der Waals surface area (Å²) in [5.74, 6) is -4.04. The van der Waals surface area contributed by atoms with Crippen molar-refractivity contribution in [2.75, 3.05) is 0 Å². The van der Waals surface area contributed by atoms with E-state index in [1.54, 1.807) is 0 Å². The second kappa shape index (κ2) is 7.94. The van der Waals surface area contributed by atoms with Crippen LogP contribution in [0.1, 0.15) is 36.0 Å². The Bertz CT molecular complexity index is 570. The van der Waals surface area contributed by atoms with Gasteiger partial charge in [-0.2, -0.15) is 5.26 Å². The van der Waals surface area contributed by atoms with Gasteiger partial charge in [0.15, 0.2) is 0 Å². The summed E-state index contributed by atoms with van der Waals surface area (Å²) in [7, 11) is 0. The van der Waals surface area contributed by atoms with Crippen LogP contribution in [0, 0.1) is 23.0 Å². The first-order chi connectivity index (χ1) is 9.95. The van der Waals surface area contributed by atoms with Crippen LogP contribution in [0.4, 0.5) is 8.78 Å². The Labute approximate surface area is 120 Å². The molecule has 1 aromatic carbocycles. The van der Waals surface area contributed by atoms with Gasteiger partial charge >= 0.3 is 5.97 Å². The zero-order valence-electron chi connectivity index (χ0n) is 11.1. The molecule has 0 aromatic heterocycles. The van der Waals surface area contributed by atoms with Gasteiger partial charge in [-0.05, 0) is 31.4 Å². The van der Waals surface area contributed by atoms with Gasteiger partial charge in [-0.3, -0.25) is 4.79 Å². The Morgan fingerprint density at radius 2 is 2.05 bits per heavy atom. The van der Waals surface area contributed by atoms with Gasteiger partial charge in [0.2, 0.25) is 0 Å². The van der Waals surface area contributed by atoms with Crippen LogP contribution in [0.15, 0.2) is 18.2 Å². The molecule has 1 amide bonds. The fourth-order valence-electron chi connectivity index (χ4n) is 1.72. The maximum atomic E-state index is 13.4. The molecule has 21 heavy (non-hydrogen) atoms. The molecule has 0 spiro atoms. The molecule has 1 atom stereocenters. The molecule has 0 bridgehead atoms. The summed E-state index contributed by atoms with van der Waals surface area (Å²) in [5.41, 5.74) is -0.417. The molecule has 0 fully saturated rings. The van der Waals surface area contributed by atoms with Gasteiger partial charge in [-0.25, -0.2) is 13.6 Å². The number of nitrogens with one attached hydrogen (secondary N) is 1. The average molecular weight is 296 g/mol. The number of carbonyl (C=O) groups is 2. The molecule has 0 aliphatic rings. The first-order valence-corrected chi connectivity index (χ1v) is 6.31. The Hall–Kier alpha value is -2.49. The lowest BCUT2D eigenvalue weighted by atomic mass is 10.1. The standard InChI is InChI=1S/C14H14F2N2O3/c15-9-5-6-10(11(16)8-9)13(19)18-12(14(20)21)4-2-1-3-7-17/h5-6,8,12H,1-4H2,(H,18,19)(H,20,21)/t12-/m1/s1. The van der Waals surface area contributed by atoms with Crippen LogP contribution in [0.5, 0.6) is 0 Å². The summed E-state index contributed by atoms with van der Waals surface area (Å²) in [4.78, 5) is 22.8. The van der Waals surface area contributed by atoms with Gasteiger partial charge in [0.05, 0.1) is 11.6 Å². The average Bonchev–Trinajstić information content (AvgIpc) is 2.41. The highest BCUT2D eigenvalue weighted by molar-refractivity contribution is 5.96. The second-order valence-electron chi connectivity index (χ2n) is 4.39. The highest BCUT2D eigenvalue weighted by atomic mass is 19.1. The highest BCUT2D eigenvalue weighted by Gasteiger charge is 2.22. The van der Waals surface area contributed by atoms with Gasteiger partial charge in [-0.1, -0.05) is 0 Å². The number of unbranched alkanes of at least 4 members (excludes halogenated alkanes) is 2. The summed E-state index contributed by atoms with van der Waals surface area (Å²) < 4.78 is 26.2. The third kappa shape index (κ3) is 5.18. The molecule has 0 radical (unpaired) electrons. The van der Waals surface area contributed by atoms with Crippen LogP contribution in [0.2, 0.25) is 0 Å². The first kappa shape index (κ1) is 16.6. The number of aliphatic carboxylic acids is 1. The van der Waals surface area contributed by atoms with E-state index in [4.69, 9.17) is 10.4 Å². The molecule has 0 heterocycles. The van der Waals surface area contributed by atoms with Crippen molar-refractivity contribution in [3.63, 3.8) is 0 Å². The van der Waals surface area contributed by atoms with E-state index in [1.807, 2.05) is 6.07 Å². The number of carbonyl (C=O) groups excluding carboxylic acids is 1. The maximum absolute atomic E-state index is 13.4. The van der Waals surface area contributed by atoms with Crippen molar-refractivity contribution in [1.29, 1.82) is 5.26 Å². The summed E-state index contributed by atoms with van der Waals surface area (Å²) in [6.07, 6.45) is 1.39. The number of hydrogen-bond donors (Lipinski definition) is 2. The molecule has 112 valence electrons. The smallest absolute Gasteiger partial charge is 0.326 e. The van der Waals surface area contributed by atoms with Crippen molar-refractivity contribution in [3.8, 4) is 6.07 Å². The van der Waals surface area contributed by atoms with E-state index in [0.717, 1.165) is 12.1 Å². The van der Waals surface area contributed by atoms with Crippen LogP contribution in [-0.4, -0.2) is 23.0 Å². The number of hydrogen-bond acceptors (Lipinski definition) is 3. The molecular weight excluding hydrogens is 282 g/mol. The van der Waals surface area contributed by atoms with Crippen LogP contribution in [0.3, 0.4) is 0 Å². The lowest BCUT2D eigenvalue weighted by Gasteiger charge is -2.14. The normalized spacial score (nSPS) is 11.5. The van der Waals surface area contributed by atoms with Crippen molar-refractivity contribution in [1.82, 2.24) is 5.32 Å². The number of carboxylic acids is 1. The molecule has 0 saturated heterocycles. The predicted octanol–water partition coefficient (Wildman–Crippen LogP) is 2.23. The number of carboxylic acid groups (broad SMARTS) is 1. The SMILES string of the molecule is N#CCCCC[C@@H](NC(=O)c1ccc(F)cc1F)C(=O)O. The van der Waals surface area contributed by atoms with E-state index in [1.165, 1.54) is 0 Å². The Morgan fingerprint density at radius 3 is 2.62 bits per heavy atom. The molecular formula is C14H14F2N2O3. The van der Waals surface area contributed by atoms with Crippen molar-refractivity contribution >= 4 is 11.9 Å². The summed E-state index contributed by atoms with van der Waals surface area (Å²) in [5, 5.41) is 19.6. The predicted molar refractivity (Wildman–Crippen MR) is 69.3 cm³/mol. The summed E-state index contributed by atoms with van der Waals surface area (Å²) in [6, 6.07) is 3.17. The minimum atomic E-state index is -1.25. The van der Waals surface area contributed by atoms with E-state index in [2.05, 4.69) is 5.32 Å². The molecule has 1 aromatic rings. The van der Waals surface area contributed by atoms with E-state index in [-0.39, 0.29) is 6.42 Å². The van der Waals surface area contributed by atoms with Crippen LogP contribution < -0.4 is 5.32 Å². The van der Waals surface area contributed by atoms with Gasteiger partial charge in [0, 0.05) is 12.5 Å². The zero-order chi connectivity index (χ0) is 15.8. The maximum Gasteiger partial charge on any atom is 0.326 e. The highest BCUT2D eigenvalue weighted by Crippen LogP contribution is 2.11. The summed E-state index contributed by atoms with van der Waals surface area (Å²) >= 11 is 0. The topological polar surface area (TPSA) is 90.2 Å². The largest absolute Gasteiger partial charge is 0.480 e. The Balaban J connectivity index is 2.68. The number of rotatable bonds is 7. The second-order valence-corrected chi connectivity index (χ2v) is 4.39. The number of nitrogens with zero attached hydrogens (tertiary/aromatic N) is 1. The van der Waals surface area contributed by atoms with Gasteiger partial charge in [0.1, 0.15) is 17.7 Å². The van der Waals surface area contributed by atoms with Crippen molar-refractivity contribution in [3.05, 3.63) is 35.4 Å². The molecule has 0 aliphatic heterocycles. The van der Waals surface area contributed by atoms with Crippen molar-refractivity contribution in [2.24, 2.45) is 0 Å². The zero-order valence-corrected chi connectivity index (χ0v) is 11.1. The van der Waals surface area contributed by atoms with Crippen molar-refractivity contribution in [2.45, 2.75) is 31.7 Å². The first-order valence-electron chi connectivity index (χ1n) is 6.31. The van der Waals surface area contributed by atoms with Crippen LogP contribution in [0.25, 0.3) is 0 Å². The van der Waals surface area contributed by atoms with Gasteiger partial charge in [-0.15, -0.1) is 0 Å². The van der Waals surface area contributed by atoms with E-state index < -0.39 is 35.1 Å². The van der Waals surface area contributed by atoms with Crippen LogP contribution >= 0.6 is 0 Å². The molecule has 2 N–H and O–H groups in total. The Kier molecular flexibility index (Phi) is 6.27. The number of amides is 1. The fraction of sp³-hybridized carbons (Fsp3) is 0.357. The minimum Gasteiger partial charge on any atom is -0.480 e. The fourth-order valence-corrected chi connectivity index (χ4v) is 1.72. The Morgan fingerprint density at radius 1 is 1.33 bits per heavy atom. The molecule has 0 aliphatic carbocycles. The third-order valence-corrected chi connectivity index (χ3v) is 2.81. The molecule has 0 unspecified atom stereocenters. The number of halogens is 2. The van der Waals surface area contributed by atoms with Gasteiger partial charge < -0.3 is 10.4 Å². The molecule has 7 heteroatoms. The van der Waals surface area contributed by atoms with Gasteiger partial charge in [0.25, 0.3) is 5.91 Å². The third-order valence-electron chi connectivity index (χ3n) is 2.81. The van der Waals surface area contributed by atoms with E-state index >= 15 is 0 Å². The number of nitriles is 1.